The maximum absolute atomic E-state index is 12.3. The highest BCUT2D eigenvalue weighted by molar-refractivity contribution is 7.13. The number of benzene rings is 1. The van der Waals surface area contributed by atoms with E-state index < -0.39 is 5.76 Å². The second-order valence-corrected chi connectivity index (χ2v) is 7.75. The molecule has 2 aromatic heterocycles. The van der Waals surface area contributed by atoms with E-state index in [0.29, 0.717) is 5.69 Å². The van der Waals surface area contributed by atoms with E-state index in [0.717, 1.165) is 22.6 Å². The first-order valence-electron chi connectivity index (χ1n) is 9.46. The van der Waals surface area contributed by atoms with E-state index in [1.165, 1.54) is 42.7 Å². The number of thiophene rings is 1. The first-order valence-corrected chi connectivity index (χ1v) is 10.3. The van der Waals surface area contributed by atoms with E-state index in [1.807, 2.05) is 41.8 Å². The fraction of sp³-hybridized carbons (Fsp3) is 0.350. The smallest absolute Gasteiger partial charge is 0.387 e. The maximum atomic E-state index is 12.3. The quantitative estimate of drug-likeness (QED) is 0.710. The van der Waals surface area contributed by atoms with E-state index in [-0.39, 0.29) is 18.3 Å². The molecule has 28 heavy (non-hydrogen) atoms. The van der Waals surface area contributed by atoms with Crippen molar-refractivity contribution in [1.82, 2.24) is 9.78 Å². The van der Waals surface area contributed by atoms with Gasteiger partial charge in [0, 0.05) is 24.5 Å². The molecule has 1 aliphatic heterocycles. The summed E-state index contributed by atoms with van der Waals surface area (Å²) in [4.78, 5) is 27.4. The zero-order valence-corrected chi connectivity index (χ0v) is 16.3. The maximum Gasteiger partial charge on any atom is 0.437 e. The van der Waals surface area contributed by atoms with Crippen LogP contribution in [0.5, 0.6) is 0 Å². The predicted octanol–water partition coefficient (Wildman–Crippen LogP) is 3.58. The van der Waals surface area contributed by atoms with Crippen molar-refractivity contribution < 1.29 is 9.21 Å². The summed E-state index contributed by atoms with van der Waals surface area (Å²) in [6.45, 7) is 1.96. The molecule has 0 radical (unpaired) electrons. The summed E-state index contributed by atoms with van der Waals surface area (Å²) in [6.07, 6.45) is 5.03. The lowest BCUT2D eigenvalue weighted by molar-refractivity contribution is -0.117. The number of anilines is 2. The Morgan fingerprint density at radius 1 is 1.11 bits per heavy atom. The molecule has 0 saturated carbocycles. The summed E-state index contributed by atoms with van der Waals surface area (Å²) in [6, 6.07) is 11.5. The number of hydrogen-bond acceptors (Lipinski definition) is 6. The van der Waals surface area contributed by atoms with Gasteiger partial charge in [-0.2, -0.15) is 4.68 Å². The molecule has 3 aromatic rings. The van der Waals surface area contributed by atoms with Crippen molar-refractivity contribution in [3.8, 4) is 10.8 Å². The lowest BCUT2D eigenvalue weighted by Crippen LogP contribution is -2.26. The van der Waals surface area contributed by atoms with Gasteiger partial charge in [-0.1, -0.05) is 18.9 Å². The van der Waals surface area contributed by atoms with Gasteiger partial charge < -0.3 is 14.6 Å². The van der Waals surface area contributed by atoms with Crippen molar-refractivity contribution in [2.75, 3.05) is 23.3 Å². The second-order valence-electron chi connectivity index (χ2n) is 6.80. The number of hydrogen-bond donors (Lipinski definition) is 1. The van der Waals surface area contributed by atoms with Crippen LogP contribution in [0.15, 0.2) is 51.0 Å². The van der Waals surface area contributed by atoms with E-state index >= 15 is 0 Å². The first kappa shape index (κ1) is 18.5. The minimum atomic E-state index is -0.643. The van der Waals surface area contributed by atoms with Crippen LogP contribution in [-0.4, -0.2) is 28.8 Å². The summed E-state index contributed by atoms with van der Waals surface area (Å²) < 4.78 is 6.16. The molecule has 0 atom stereocenters. The molecule has 0 spiro atoms. The zero-order valence-electron chi connectivity index (χ0n) is 15.5. The highest BCUT2D eigenvalue weighted by Gasteiger charge is 2.14. The molecule has 3 heterocycles. The van der Waals surface area contributed by atoms with Crippen LogP contribution in [0.25, 0.3) is 10.8 Å². The molecule has 7 nitrogen and oxygen atoms in total. The molecule has 0 unspecified atom stereocenters. The van der Waals surface area contributed by atoms with Crippen LogP contribution < -0.4 is 16.0 Å². The molecule has 1 aromatic carbocycles. The summed E-state index contributed by atoms with van der Waals surface area (Å²) in [5.74, 6) is -0.736. The summed E-state index contributed by atoms with van der Waals surface area (Å²) in [5, 5.41) is 8.78. The Morgan fingerprint density at radius 2 is 1.86 bits per heavy atom. The molecule has 8 heteroatoms. The number of amides is 1. The zero-order chi connectivity index (χ0) is 19.3. The van der Waals surface area contributed by atoms with Gasteiger partial charge >= 0.3 is 5.76 Å². The number of carbonyl (C=O) groups is 1. The van der Waals surface area contributed by atoms with Gasteiger partial charge in [-0.05, 0) is 48.6 Å². The number of carbonyl (C=O) groups excluding carboxylic acids is 1. The lowest BCUT2D eigenvalue weighted by atomic mass is 10.2. The third-order valence-corrected chi connectivity index (χ3v) is 5.61. The van der Waals surface area contributed by atoms with Crippen LogP contribution >= 0.6 is 11.3 Å². The van der Waals surface area contributed by atoms with Crippen molar-refractivity contribution in [3.05, 3.63) is 52.3 Å². The third-order valence-electron chi connectivity index (χ3n) is 4.75. The van der Waals surface area contributed by atoms with Crippen molar-refractivity contribution in [2.45, 2.75) is 32.2 Å². The molecule has 1 aliphatic rings. The van der Waals surface area contributed by atoms with Crippen molar-refractivity contribution in [1.29, 1.82) is 0 Å². The van der Waals surface area contributed by atoms with Crippen LogP contribution in [0.1, 0.15) is 25.7 Å². The fourth-order valence-electron chi connectivity index (χ4n) is 3.33. The Labute approximate surface area is 166 Å². The van der Waals surface area contributed by atoms with Crippen LogP contribution in [0.3, 0.4) is 0 Å². The van der Waals surface area contributed by atoms with Crippen LogP contribution in [0, 0.1) is 0 Å². The van der Waals surface area contributed by atoms with Gasteiger partial charge in [0.05, 0.1) is 4.88 Å². The lowest BCUT2D eigenvalue weighted by Gasteiger charge is -2.22. The number of rotatable bonds is 5. The monoisotopic (exact) mass is 398 g/mol. The molecule has 4 rings (SSSR count). The molecular formula is C20H22N4O3S. The summed E-state index contributed by atoms with van der Waals surface area (Å²) in [7, 11) is 0. The number of nitrogens with one attached hydrogen (secondary N) is 1. The highest BCUT2D eigenvalue weighted by Crippen LogP contribution is 2.22. The second kappa shape index (κ2) is 8.43. The average molecular weight is 398 g/mol. The Morgan fingerprint density at radius 3 is 2.54 bits per heavy atom. The molecule has 1 fully saturated rings. The minimum Gasteiger partial charge on any atom is -0.387 e. The first-order chi connectivity index (χ1) is 13.7. The SMILES string of the molecule is O=C(Cn1nc(-c2cccs2)oc1=O)Nc1ccc(N2CCCCCC2)cc1. The molecule has 1 N–H and O–H groups in total. The van der Waals surface area contributed by atoms with Crippen molar-refractivity contribution in [2.24, 2.45) is 0 Å². The molecule has 0 aliphatic carbocycles. The van der Waals surface area contributed by atoms with Gasteiger partial charge in [-0.15, -0.1) is 16.4 Å². The molecule has 0 bridgehead atoms. The molecule has 146 valence electrons. The molecular weight excluding hydrogens is 376 g/mol. The third kappa shape index (κ3) is 4.33. The summed E-state index contributed by atoms with van der Waals surface area (Å²) in [5.41, 5.74) is 1.87. The van der Waals surface area contributed by atoms with E-state index in [1.54, 1.807) is 0 Å². The van der Waals surface area contributed by atoms with Gasteiger partial charge in [0.25, 0.3) is 5.89 Å². The van der Waals surface area contributed by atoms with Crippen LogP contribution in [0.4, 0.5) is 11.4 Å². The van der Waals surface area contributed by atoms with Gasteiger partial charge in [0.2, 0.25) is 5.91 Å². The molecule has 1 amide bonds. The Hall–Kier alpha value is -2.87. The Balaban J connectivity index is 1.38. The average Bonchev–Trinajstić information content (AvgIpc) is 3.25. The molecule has 1 saturated heterocycles. The van der Waals surface area contributed by atoms with Crippen molar-refractivity contribution in [3.63, 3.8) is 0 Å². The van der Waals surface area contributed by atoms with Gasteiger partial charge in [0.15, 0.2) is 0 Å². The van der Waals surface area contributed by atoms with Crippen LogP contribution in [-0.2, 0) is 11.3 Å². The standard InChI is InChI=1S/C20H22N4O3S/c25-18(14-24-20(26)27-19(22-24)17-6-5-13-28-17)21-15-7-9-16(10-8-15)23-11-3-1-2-4-12-23/h5-10,13H,1-4,11-12,14H2,(H,21,25). The number of nitrogens with zero attached hydrogens (tertiary/aromatic N) is 3. The van der Waals surface area contributed by atoms with Crippen LogP contribution in [0.2, 0.25) is 0 Å². The van der Waals surface area contributed by atoms with Crippen molar-refractivity contribution >= 4 is 28.6 Å². The van der Waals surface area contributed by atoms with E-state index in [4.69, 9.17) is 4.42 Å². The fourth-order valence-corrected chi connectivity index (χ4v) is 3.97. The van der Waals surface area contributed by atoms with E-state index in [2.05, 4.69) is 15.3 Å². The highest BCUT2D eigenvalue weighted by atomic mass is 32.1. The largest absolute Gasteiger partial charge is 0.437 e. The van der Waals surface area contributed by atoms with Gasteiger partial charge in [-0.3, -0.25) is 4.79 Å². The van der Waals surface area contributed by atoms with E-state index in [9.17, 15) is 9.59 Å². The Bertz CT molecular complexity index is 968. The minimum absolute atomic E-state index is 0.193. The summed E-state index contributed by atoms with van der Waals surface area (Å²) >= 11 is 1.42. The van der Waals surface area contributed by atoms with Gasteiger partial charge in [0.1, 0.15) is 6.54 Å². The Kier molecular flexibility index (Phi) is 5.57. The normalized spacial score (nSPS) is 14.6. The number of aromatic nitrogens is 2. The van der Waals surface area contributed by atoms with Gasteiger partial charge in [-0.25, -0.2) is 4.79 Å². The topological polar surface area (TPSA) is 80.4 Å². The predicted molar refractivity (Wildman–Crippen MR) is 110 cm³/mol.